The van der Waals surface area contributed by atoms with Gasteiger partial charge in [0.25, 0.3) is 5.56 Å². The third-order valence-electron chi connectivity index (χ3n) is 2.52. The van der Waals surface area contributed by atoms with E-state index in [2.05, 4.69) is 4.98 Å². The number of ether oxygens (including phenoxy) is 1. The van der Waals surface area contributed by atoms with Gasteiger partial charge in [0.2, 0.25) is 0 Å². The molecule has 3 nitrogen and oxygen atoms in total. The van der Waals surface area contributed by atoms with Crippen molar-refractivity contribution in [3.63, 3.8) is 0 Å². The molecule has 1 N–H and O–H groups in total. The van der Waals surface area contributed by atoms with E-state index < -0.39 is 0 Å². The van der Waals surface area contributed by atoms with E-state index in [0.717, 1.165) is 5.39 Å². The molecule has 1 fully saturated rings. The van der Waals surface area contributed by atoms with Gasteiger partial charge in [-0.2, -0.15) is 0 Å². The number of halogens is 1. The van der Waals surface area contributed by atoms with Crippen LogP contribution < -0.4 is 5.56 Å². The summed E-state index contributed by atoms with van der Waals surface area (Å²) >= 11 is 0. The van der Waals surface area contributed by atoms with Gasteiger partial charge in [-0.05, 0) is 29.7 Å². The highest BCUT2D eigenvalue weighted by molar-refractivity contribution is 5.79. The zero-order chi connectivity index (χ0) is 10.4. The van der Waals surface area contributed by atoms with Gasteiger partial charge >= 0.3 is 0 Å². The van der Waals surface area contributed by atoms with Crippen molar-refractivity contribution in [2.45, 2.75) is 6.10 Å². The molecule has 3 rings (SSSR count). The monoisotopic (exact) mass is 205 g/mol. The number of hydrogen-bond donors (Lipinski definition) is 1. The molecule has 1 aliphatic rings. The molecule has 0 aliphatic carbocycles. The minimum absolute atomic E-state index is 0.0804. The van der Waals surface area contributed by atoms with E-state index in [-0.39, 0.29) is 17.5 Å². The first-order valence-corrected chi connectivity index (χ1v) is 4.68. The second-order valence-corrected chi connectivity index (χ2v) is 3.61. The van der Waals surface area contributed by atoms with Crippen LogP contribution in [0.2, 0.25) is 0 Å². The smallest absolute Gasteiger partial charge is 0.254 e. The lowest BCUT2D eigenvalue weighted by atomic mass is 10.1. The van der Waals surface area contributed by atoms with Crippen molar-refractivity contribution in [2.24, 2.45) is 0 Å². The molecule has 4 heteroatoms. The van der Waals surface area contributed by atoms with Crippen molar-refractivity contribution < 1.29 is 9.13 Å². The van der Waals surface area contributed by atoms with Gasteiger partial charge < -0.3 is 9.72 Å². The van der Waals surface area contributed by atoms with Crippen LogP contribution in [-0.2, 0) is 4.74 Å². The molecule has 1 aromatic carbocycles. The predicted molar refractivity (Wildman–Crippen MR) is 53.2 cm³/mol. The van der Waals surface area contributed by atoms with E-state index in [1.165, 1.54) is 12.1 Å². The van der Waals surface area contributed by atoms with Gasteiger partial charge in [-0.15, -0.1) is 0 Å². The van der Waals surface area contributed by atoms with Crippen molar-refractivity contribution in [3.8, 4) is 0 Å². The molecular weight excluding hydrogens is 197 g/mol. The van der Waals surface area contributed by atoms with Gasteiger partial charge in [0, 0.05) is 5.56 Å². The van der Waals surface area contributed by atoms with Crippen molar-refractivity contribution in [1.29, 1.82) is 0 Å². The fraction of sp³-hybridized carbons (Fsp3) is 0.182. The highest BCUT2D eigenvalue weighted by Crippen LogP contribution is 2.28. The summed E-state index contributed by atoms with van der Waals surface area (Å²) in [6.45, 7) is 0.593. The Kier molecular flexibility index (Phi) is 1.67. The molecule has 1 atom stereocenters. The number of H-pyrrole nitrogens is 1. The third-order valence-corrected chi connectivity index (χ3v) is 2.52. The summed E-state index contributed by atoms with van der Waals surface area (Å²) in [6, 6.07) is 6.09. The van der Waals surface area contributed by atoms with Crippen LogP contribution in [0.15, 0.2) is 29.1 Å². The number of rotatable bonds is 1. The van der Waals surface area contributed by atoms with Crippen molar-refractivity contribution in [3.05, 3.63) is 46.0 Å². The van der Waals surface area contributed by atoms with Gasteiger partial charge in [0.1, 0.15) is 11.9 Å². The number of aromatic nitrogens is 1. The SMILES string of the molecule is O=c1[nH]c2cc(F)ccc2cc1C1CO1. The highest BCUT2D eigenvalue weighted by atomic mass is 19.1. The normalized spacial score (nSPS) is 19.4. The molecule has 1 aliphatic heterocycles. The van der Waals surface area contributed by atoms with Crippen LogP contribution in [-0.4, -0.2) is 11.6 Å². The van der Waals surface area contributed by atoms with E-state index in [1.807, 2.05) is 0 Å². The number of aromatic amines is 1. The maximum Gasteiger partial charge on any atom is 0.254 e. The fourth-order valence-corrected chi connectivity index (χ4v) is 1.66. The quantitative estimate of drug-likeness (QED) is 0.721. The first kappa shape index (κ1) is 8.61. The Bertz CT molecular complexity index is 587. The molecule has 0 amide bonds. The van der Waals surface area contributed by atoms with E-state index in [9.17, 15) is 9.18 Å². The lowest BCUT2D eigenvalue weighted by molar-refractivity contribution is 0.414. The van der Waals surface area contributed by atoms with Crippen molar-refractivity contribution in [1.82, 2.24) is 4.98 Å². The zero-order valence-corrected chi connectivity index (χ0v) is 7.79. The third kappa shape index (κ3) is 1.43. The van der Waals surface area contributed by atoms with E-state index in [1.54, 1.807) is 12.1 Å². The Morgan fingerprint density at radius 1 is 1.40 bits per heavy atom. The first-order chi connectivity index (χ1) is 7.24. The summed E-state index contributed by atoms with van der Waals surface area (Å²) < 4.78 is 17.9. The van der Waals surface area contributed by atoms with Crippen LogP contribution >= 0.6 is 0 Å². The first-order valence-electron chi connectivity index (χ1n) is 4.68. The average molecular weight is 205 g/mol. The molecule has 2 aromatic rings. The van der Waals surface area contributed by atoms with Gasteiger partial charge in [-0.1, -0.05) is 0 Å². The van der Waals surface area contributed by atoms with E-state index >= 15 is 0 Å². The van der Waals surface area contributed by atoms with E-state index in [0.29, 0.717) is 17.7 Å². The maximum atomic E-state index is 12.9. The summed E-state index contributed by atoms with van der Waals surface area (Å²) in [6.07, 6.45) is -0.0804. The Morgan fingerprint density at radius 2 is 2.20 bits per heavy atom. The number of hydrogen-bond acceptors (Lipinski definition) is 2. The van der Waals surface area contributed by atoms with Gasteiger partial charge in [-0.3, -0.25) is 4.79 Å². The van der Waals surface area contributed by atoms with Gasteiger partial charge in [-0.25, -0.2) is 4.39 Å². The zero-order valence-electron chi connectivity index (χ0n) is 7.79. The second-order valence-electron chi connectivity index (χ2n) is 3.61. The molecule has 1 saturated heterocycles. The second kappa shape index (κ2) is 2.90. The summed E-state index contributed by atoms with van der Waals surface area (Å²) in [5.41, 5.74) is 0.939. The molecule has 0 spiro atoms. The molecule has 0 bridgehead atoms. The number of fused-ring (bicyclic) bond motifs is 1. The summed E-state index contributed by atoms with van der Waals surface area (Å²) in [7, 11) is 0. The number of pyridine rings is 1. The lowest BCUT2D eigenvalue weighted by Crippen LogP contribution is -2.11. The lowest BCUT2D eigenvalue weighted by Gasteiger charge is -2.00. The predicted octanol–water partition coefficient (Wildman–Crippen LogP) is 1.74. The molecule has 1 aromatic heterocycles. The largest absolute Gasteiger partial charge is 0.368 e. The Balaban J connectivity index is 2.29. The number of nitrogens with one attached hydrogen (secondary N) is 1. The maximum absolute atomic E-state index is 12.9. The van der Waals surface area contributed by atoms with Gasteiger partial charge in [0.05, 0.1) is 12.1 Å². The Hall–Kier alpha value is -1.68. The number of benzene rings is 1. The van der Waals surface area contributed by atoms with Crippen LogP contribution in [0.3, 0.4) is 0 Å². The minimum Gasteiger partial charge on any atom is -0.368 e. The Labute approximate surface area is 84.5 Å². The molecular formula is C11H8FNO2. The molecule has 0 saturated carbocycles. The van der Waals surface area contributed by atoms with Crippen LogP contribution in [0, 0.1) is 5.82 Å². The van der Waals surface area contributed by atoms with Crippen LogP contribution in [0.25, 0.3) is 10.9 Å². The topological polar surface area (TPSA) is 45.4 Å². The van der Waals surface area contributed by atoms with Crippen LogP contribution in [0.4, 0.5) is 4.39 Å². The average Bonchev–Trinajstić information content (AvgIpc) is 3.00. The van der Waals surface area contributed by atoms with Gasteiger partial charge in [0.15, 0.2) is 0 Å². The minimum atomic E-state index is -0.353. The molecule has 1 unspecified atom stereocenters. The summed E-state index contributed by atoms with van der Waals surface area (Å²) in [4.78, 5) is 14.2. The van der Waals surface area contributed by atoms with Crippen molar-refractivity contribution in [2.75, 3.05) is 6.61 Å². The highest BCUT2D eigenvalue weighted by Gasteiger charge is 2.27. The molecule has 0 radical (unpaired) electrons. The Morgan fingerprint density at radius 3 is 2.93 bits per heavy atom. The molecule has 2 heterocycles. The standard InChI is InChI=1S/C11H8FNO2/c12-7-2-1-6-3-8(10-5-15-10)11(14)13-9(6)4-7/h1-4,10H,5H2,(H,13,14). The summed E-state index contributed by atoms with van der Waals surface area (Å²) in [5, 5.41) is 0.821. The summed E-state index contributed by atoms with van der Waals surface area (Å²) in [5.74, 6) is -0.353. The molecule has 15 heavy (non-hydrogen) atoms. The molecule has 76 valence electrons. The van der Waals surface area contributed by atoms with Crippen LogP contribution in [0.5, 0.6) is 0 Å². The van der Waals surface area contributed by atoms with E-state index in [4.69, 9.17) is 4.74 Å². The van der Waals surface area contributed by atoms with Crippen LogP contribution in [0.1, 0.15) is 11.7 Å². The number of epoxide rings is 1. The van der Waals surface area contributed by atoms with Crippen molar-refractivity contribution >= 4 is 10.9 Å². The fourth-order valence-electron chi connectivity index (χ4n) is 1.66.